The molecule has 2 aliphatic rings. The Bertz CT molecular complexity index is 932. The van der Waals surface area contributed by atoms with Gasteiger partial charge in [-0.15, -0.1) is 24.0 Å². The quantitative estimate of drug-likeness (QED) is 0.217. The fourth-order valence-electron chi connectivity index (χ4n) is 4.41. The third-order valence-electron chi connectivity index (χ3n) is 6.14. The van der Waals surface area contributed by atoms with Gasteiger partial charge in [0.2, 0.25) is 0 Å². The normalized spacial score (nSPS) is 16.9. The number of rotatable bonds is 8. The average molecular weight is 578 g/mol. The molecule has 184 valence electrons. The number of carbonyl (C=O) groups excluding carboxylic acids is 1. The summed E-state index contributed by atoms with van der Waals surface area (Å²) in [5.74, 6) is 1.65. The zero-order valence-electron chi connectivity index (χ0n) is 19.9. The van der Waals surface area contributed by atoms with Gasteiger partial charge in [-0.1, -0.05) is 42.5 Å². The van der Waals surface area contributed by atoms with Crippen LogP contribution in [0.3, 0.4) is 0 Å². The van der Waals surface area contributed by atoms with Crippen molar-refractivity contribution in [1.82, 2.24) is 15.5 Å². The van der Waals surface area contributed by atoms with Gasteiger partial charge < -0.3 is 20.3 Å². The Morgan fingerprint density at radius 3 is 2.59 bits per heavy atom. The number of nitrogens with zero attached hydrogens (tertiary/aromatic N) is 3. The van der Waals surface area contributed by atoms with E-state index in [1.807, 2.05) is 29.2 Å². The van der Waals surface area contributed by atoms with Crippen molar-refractivity contribution in [3.8, 4) is 5.75 Å². The van der Waals surface area contributed by atoms with E-state index < -0.39 is 0 Å². The van der Waals surface area contributed by atoms with Crippen molar-refractivity contribution in [2.24, 2.45) is 4.99 Å². The van der Waals surface area contributed by atoms with E-state index >= 15 is 0 Å². The molecule has 2 heterocycles. The number of ether oxygens (including phenoxy) is 1. The highest BCUT2D eigenvalue weighted by Crippen LogP contribution is 2.31. The van der Waals surface area contributed by atoms with Crippen LogP contribution in [0.1, 0.15) is 31.7 Å². The number of piperidine rings is 1. The summed E-state index contributed by atoms with van der Waals surface area (Å²) in [5, 5.41) is 6.98. The van der Waals surface area contributed by atoms with Crippen LogP contribution in [-0.2, 0) is 11.3 Å². The first kappa shape index (κ1) is 26.3. The van der Waals surface area contributed by atoms with Crippen LogP contribution in [0.15, 0.2) is 59.6 Å². The summed E-state index contributed by atoms with van der Waals surface area (Å²) < 4.78 is 5.53. The summed E-state index contributed by atoms with van der Waals surface area (Å²) in [7, 11) is 0. The van der Waals surface area contributed by atoms with Crippen LogP contribution in [0.4, 0.5) is 5.69 Å². The number of likely N-dealkylation sites (tertiary alicyclic amines) is 1. The van der Waals surface area contributed by atoms with Crippen LogP contribution in [0.5, 0.6) is 5.75 Å². The van der Waals surface area contributed by atoms with Gasteiger partial charge in [0, 0.05) is 45.3 Å². The smallest absolute Gasteiger partial charge is 0.265 e. The molecule has 1 amide bonds. The second kappa shape index (κ2) is 13.5. The van der Waals surface area contributed by atoms with Crippen molar-refractivity contribution in [2.45, 2.75) is 38.8 Å². The molecular weight excluding hydrogens is 541 g/mol. The van der Waals surface area contributed by atoms with Gasteiger partial charge in [0.1, 0.15) is 5.75 Å². The van der Waals surface area contributed by atoms with Crippen LogP contribution in [0.25, 0.3) is 0 Å². The highest BCUT2D eigenvalue weighted by Gasteiger charge is 2.24. The largest absolute Gasteiger partial charge is 0.482 e. The van der Waals surface area contributed by atoms with Crippen molar-refractivity contribution in [3.63, 3.8) is 0 Å². The molecule has 4 rings (SSSR count). The minimum Gasteiger partial charge on any atom is -0.482 e. The number of carbonyl (C=O) groups is 1. The highest BCUT2D eigenvalue weighted by atomic mass is 127. The molecule has 0 radical (unpaired) electrons. The summed E-state index contributed by atoms with van der Waals surface area (Å²) in [4.78, 5) is 21.4. The maximum Gasteiger partial charge on any atom is 0.265 e. The lowest BCUT2D eigenvalue weighted by molar-refractivity contribution is -0.121. The second-order valence-electron chi connectivity index (χ2n) is 8.60. The number of aliphatic imine (C=N–C) groups is 1. The van der Waals surface area contributed by atoms with Crippen LogP contribution in [-0.4, -0.2) is 62.1 Å². The zero-order chi connectivity index (χ0) is 22.9. The molecule has 2 aliphatic heterocycles. The molecule has 7 nitrogen and oxygen atoms in total. The SMILES string of the molecule is CCNC(=NCCCN1C(=O)COc2ccccc21)NC1CCN(Cc2ccccc2)CC1.I. The lowest BCUT2D eigenvalue weighted by Gasteiger charge is -2.33. The molecule has 34 heavy (non-hydrogen) atoms. The third-order valence-corrected chi connectivity index (χ3v) is 6.14. The summed E-state index contributed by atoms with van der Waals surface area (Å²) >= 11 is 0. The van der Waals surface area contributed by atoms with Crippen molar-refractivity contribution < 1.29 is 9.53 Å². The van der Waals surface area contributed by atoms with Crippen LogP contribution < -0.4 is 20.3 Å². The molecule has 1 fully saturated rings. The molecule has 0 aromatic heterocycles. The molecule has 0 unspecified atom stereocenters. The first-order chi connectivity index (χ1) is 16.2. The monoisotopic (exact) mass is 577 g/mol. The molecule has 0 bridgehead atoms. The lowest BCUT2D eigenvalue weighted by atomic mass is 10.0. The van der Waals surface area contributed by atoms with Gasteiger partial charge in [0.25, 0.3) is 5.91 Å². The van der Waals surface area contributed by atoms with Crippen LogP contribution in [0, 0.1) is 0 Å². The standard InChI is InChI=1S/C26H35N5O2.HI/c1-2-27-26(29-22-13-17-30(18-14-22)19-21-9-4-3-5-10-21)28-15-8-16-31-23-11-6-7-12-24(23)33-20-25(31)32;/h3-7,9-12,22H,2,8,13-20H2,1H3,(H2,27,28,29);1H. The van der Waals surface area contributed by atoms with E-state index in [1.165, 1.54) is 5.56 Å². The van der Waals surface area contributed by atoms with E-state index in [0.29, 0.717) is 19.1 Å². The average Bonchev–Trinajstić information content (AvgIpc) is 2.85. The van der Waals surface area contributed by atoms with Gasteiger partial charge in [-0.3, -0.25) is 14.7 Å². The number of para-hydroxylation sites is 2. The summed E-state index contributed by atoms with van der Waals surface area (Å²) in [6.07, 6.45) is 3.01. The molecule has 0 atom stereocenters. The number of fused-ring (bicyclic) bond motifs is 1. The van der Waals surface area contributed by atoms with Crippen LogP contribution >= 0.6 is 24.0 Å². The first-order valence-corrected chi connectivity index (χ1v) is 12.1. The first-order valence-electron chi connectivity index (χ1n) is 12.1. The van der Waals surface area contributed by atoms with Gasteiger partial charge >= 0.3 is 0 Å². The Hall–Kier alpha value is -2.33. The number of hydrogen-bond donors (Lipinski definition) is 2. The van der Waals surface area contributed by atoms with E-state index in [-0.39, 0.29) is 36.5 Å². The number of amides is 1. The van der Waals surface area contributed by atoms with E-state index in [4.69, 9.17) is 9.73 Å². The Morgan fingerprint density at radius 2 is 1.82 bits per heavy atom. The van der Waals surface area contributed by atoms with Crippen molar-refractivity contribution >= 4 is 41.5 Å². The molecule has 2 N–H and O–H groups in total. The van der Waals surface area contributed by atoms with E-state index in [1.54, 1.807) is 0 Å². The molecular formula is C26H36IN5O2. The predicted molar refractivity (Wildman–Crippen MR) is 148 cm³/mol. The molecule has 0 aliphatic carbocycles. The third kappa shape index (κ3) is 7.33. The van der Waals surface area contributed by atoms with E-state index in [0.717, 1.165) is 62.8 Å². The number of halogens is 1. The summed E-state index contributed by atoms with van der Waals surface area (Å²) in [6.45, 7) is 7.51. The maximum atomic E-state index is 12.3. The predicted octanol–water partition coefficient (Wildman–Crippen LogP) is 3.64. The lowest BCUT2D eigenvalue weighted by Crippen LogP contribution is -2.48. The molecule has 2 aromatic carbocycles. The van der Waals surface area contributed by atoms with Gasteiger partial charge in [-0.2, -0.15) is 0 Å². The summed E-state index contributed by atoms with van der Waals surface area (Å²) in [5.41, 5.74) is 2.23. The molecule has 0 spiro atoms. The number of hydrogen-bond acceptors (Lipinski definition) is 4. The Morgan fingerprint density at radius 1 is 1.09 bits per heavy atom. The Kier molecular flexibility index (Phi) is 10.5. The van der Waals surface area contributed by atoms with Gasteiger partial charge in [0.05, 0.1) is 5.69 Å². The highest BCUT2D eigenvalue weighted by molar-refractivity contribution is 14.0. The number of nitrogens with one attached hydrogen (secondary N) is 2. The number of guanidine groups is 1. The minimum atomic E-state index is 0. The van der Waals surface area contributed by atoms with E-state index in [9.17, 15) is 4.79 Å². The van der Waals surface area contributed by atoms with Gasteiger partial charge in [0.15, 0.2) is 12.6 Å². The Balaban J connectivity index is 0.00000324. The summed E-state index contributed by atoms with van der Waals surface area (Å²) in [6, 6.07) is 18.8. The van der Waals surface area contributed by atoms with Gasteiger partial charge in [-0.05, 0) is 43.9 Å². The molecule has 2 aromatic rings. The Labute approximate surface area is 220 Å². The van der Waals surface area contributed by atoms with E-state index in [2.05, 4.69) is 52.8 Å². The van der Waals surface area contributed by atoms with Crippen molar-refractivity contribution in [1.29, 1.82) is 0 Å². The fourth-order valence-corrected chi connectivity index (χ4v) is 4.41. The van der Waals surface area contributed by atoms with Crippen molar-refractivity contribution in [3.05, 3.63) is 60.2 Å². The fraction of sp³-hybridized carbons (Fsp3) is 0.462. The van der Waals surface area contributed by atoms with Gasteiger partial charge in [-0.25, -0.2) is 0 Å². The molecule has 8 heteroatoms. The molecule has 1 saturated heterocycles. The van der Waals surface area contributed by atoms with Crippen molar-refractivity contribution in [2.75, 3.05) is 44.2 Å². The van der Waals surface area contributed by atoms with Crippen LogP contribution in [0.2, 0.25) is 0 Å². The second-order valence-corrected chi connectivity index (χ2v) is 8.60. The number of anilines is 1. The minimum absolute atomic E-state index is 0. The number of benzene rings is 2. The topological polar surface area (TPSA) is 69.2 Å². The zero-order valence-corrected chi connectivity index (χ0v) is 22.2. The maximum absolute atomic E-state index is 12.3. The molecule has 0 saturated carbocycles.